The van der Waals surface area contributed by atoms with Gasteiger partial charge in [0.1, 0.15) is 5.60 Å². The van der Waals surface area contributed by atoms with Gasteiger partial charge >= 0.3 is 0 Å². The zero-order chi connectivity index (χ0) is 16.7. The number of unbranched alkanes of at least 4 members (excludes halogenated alkanes) is 1. The Kier molecular flexibility index (Phi) is 6.39. The van der Waals surface area contributed by atoms with E-state index in [9.17, 15) is 4.79 Å². The van der Waals surface area contributed by atoms with Gasteiger partial charge in [-0.05, 0) is 32.3 Å². The van der Waals surface area contributed by atoms with Crippen LogP contribution in [0.15, 0.2) is 12.3 Å². The summed E-state index contributed by atoms with van der Waals surface area (Å²) in [5, 5.41) is 2.96. The number of amides is 1. The van der Waals surface area contributed by atoms with Gasteiger partial charge in [0.25, 0.3) is 5.91 Å². The van der Waals surface area contributed by atoms with Crippen LogP contribution in [0, 0.1) is 6.92 Å². The number of rotatable bonds is 7. The molecule has 1 aliphatic rings. The van der Waals surface area contributed by atoms with Crippen molar-refractivity contribution in [1.29, 1.82) is 0 Å². The first kappa shape index (κ1) is 17.7. The van der Waals surface area contributed by atoms with Crippen LogP contribution < -0.4 is 10.1 Å². The topological polar surface area (TPSA) is 60.5 Å². The maximum atomic E-state index is 12.6. The van der Waals surface area contributed by atoms with Crippen molar-refractivity contribution in [1.82, 2.24) is 4.98 Å². The number of hydrogen-bond donors (Lipinski definition) is 1. The fourth-order valence-electron chi connectivity index (χ4n) is 2.99. The summed E-state index contributed by atoms with van der Waals surface area (Å²) in [6.07, 6.45) is 8.54. The van der Waals surface area contributed by atoms with E-state index in [1.165, 1.54) is 6.42 Å². The fraction of sp³-hybridized carbons (Fsp3) is 0.667. The highest BCUT2D eigenvalue weighted by atomic mass is 16.5. The molecule has 0 unspecified atom stereocenters. The Bertz CT molecular complexity index is 525. The number of anilines is 1. The molecule has 128 valence electrons. The molecule has 1 fully saturated rings. The largest absolute Gasteiger partial charge is 0.477 e. The third-order valence-electron chi connectivity index (χ3n) is 4.49. The smallest absolute Gasteiger partial charge is 0.256 e. The molecule has 1 saturated carbocycles. The number of hydrogen-bond acceptors (Lipinski definition) is 4. The van der Waals surface area contributed by atoms with Crippen LogP contribution in [0.25, 0.3) is 0 Å². The molecule has 1 N–H and O–H groups in total. The van der Waals surface area contributed by atoms with Crippen molar-refractivity contribution in [3.63, 3.8) is 0 Å². The minimum Gasteiger partial charge on any atom is -0.477 e. The van der Waals surface area contributed by atoms with Crippen molar-refractivity contribution in [2.75, 3.05) is 19.0 Å². The summed E-state index contributed by atoms with van der Waals surface area (Å²) in [6, 6.07) is 1.90. The summed E-state index contributed by atoms with van der Waals surface area (Å²) in [6.45, 7) is 4.73. The first-order valence-corrected chi connectivity index (χ1v) is 8.57. The van der Waals surface area contributed by atoms with Crippen LogP contribution in [0.5, 0.6) is 5.88 Å². The Morgan fingerprint density at radius 2 is 2.09 bits per heavy atom. The maximum absolute atomic E-state index is 12.6. The Hall–Kier alpha value is -1.62. The number of carbonyl (C=O) groups is 1. The Morgan fingerprint density at radius 3 is 2.70 bits per heavy atom. The van der Waals surface area contributed by atoms with E-state index in [-0.39, 0.29) is 5.91 Å². The second-order valence-corrected chi connectivity index (χ2v) is 6.26. The SMILES string of the molecule is CCCCOc1ncc(NC(=O)C2(OC)CCCCC2)cc1C. The van der Waals surface area contributed by atoms with E-state index in [0.29, 0.717) is 18.2 Å². The van der Waals surface area contributed by atoms with Crippen LogP contribution >= 0.6 is 0 Å². The van der Waals surface area contributed by atoms with E-state index in [4.69, 9.17) is 9.47 Å². The van der Waals surface area contributed by atoms with Gasteiger partial charge in [-0.25, -0.2) is 4.98 Å². The molecule has 5 heteroatoms. The lowest BCUT2D eigenvalue weighted by molar-refractivity contribution is -0.141. The molecule has 0 atom stereocenters. The normalized spacial score (nSPS) is 16.8. The number of nitrogens with zero attached hydrogens (tertiary/aromatic N) is 1. The highest BCUT2D eigenvalue weighted by Gasteiger charge is 2.39. The molecule has 0 aromatic carbocycles. The van der Waals surface area contributed by atoms with E-state index < -0.39 is 5.60 Å². The highest BCUT2D eigenvalue weighted by Crippen LogP contribution is 2.32. The van der Waals surface area contributed by atoms with Gasteiger partial charge in [-0.3, -0.25) is 4.79 Å². The monoisotopic (exact) mass is 320 g/mol. The quantitative estimate of drug-likeness (QED) is 0.775. The van der Waals surface area contributed by atoms with Crippen molar-refractivity contribution < 1.29 is 14.3 Å². The van der Waals surface area contributed by atoms with E-state index in [1.807, 2.05) is 13.0 Å². The minimum atomic E-state index is -0.692. The third kappa shape index (κ3) is 4.44. The molecule has 0 radical (unpaired) electrons. The van der Waals surface area contributed by atoms with Gasteiger partial charge in [0.15, 0.2) is 0 Å². The lowest BCUT2D eigenvalue weighted by atomic mass is 9.84. The van der Waals surface area contributed by atoms with Gasteiger partial charge in [-0.15, -0.1) is 0 Å². The Labute approximate surface area is 138 Å². The molecule has 1 aliphatic carbocycles. The zero-order valence-electron chi connectivity index (χ0n) is 14.5. The first-order valence-electron chi connectivity index (χ1n) is 8.57. The lowest BCUT2D eigenvalue weighted by Crippen LogP contribution is -2.46. The van der Waals surface area contributed by atoms with Crippen LogP contribution in [0.2, 0.25) is 0 Å². The molecule has 0 spiro atoms. The lowest BCUT2D eigenvalue weighted by Gasteiger charge is -2.34. The first-order chi connectivity index (χ1) is 11.1. The summed E-state index contributed by atoms with van der Waals surface area (Å²) in [4.78, 5) is 17.0. The molecule has 1 aromatic rings. The van der Waals surface area contributed by atoms with Gasteiger partial charge in [-0.1, -0.05) is 32.6 Å². The Morgan fingerprint density at radius 1 is 1.35 bits per heavy atom. The second-order valence-electron chi connectivity index (χ2n) is 6.26. The average Bonchev–Trinajstić information content (AvgIpc) is 2.57. The fourth-order valence-corrected chi connectivity index (χ4v) is 2.99. The van der Waals surface area contributed by atoms with Crippen molar-refractivity contribution >= 4 is 11.6 Å². The van der Waals surface area contributed by atoms with E-state index in [2.05, 4.69) is 17.2 Å². The molecule has 5 nitrogen and oxygen atoms in total. The highest BCUT2D eigenvalue weighted by molar-refractivity contribution is 5.97. The van der Waals surface area contributed by atoms with E-state index in [1.54, 1.807) is 13.3 Å². The second kappa shape index (κ2) is 8.29. The van der Waals surface area contributed by atoms with Crippen molar-refractivity contribution in [2.45, 2.75) is 64.4 Å². The van der Waals surface area contributed by atoms with Crippen molar-refractivity contribution in [3.8, 4) is 5.88 Å². The van der Waals surface area contributed by atoms with Crippen LogP contribution in [0.3, 0.4) is 0 Å². The summed E-state index contributed by atoms with van der Waals surface area (Å²) < 4.78 is 11.2. The molecule has 0 bridgehead atoms. The number of nitrogens with one attached hydrogen (secondary N) is 1. The summed E-state index contributed by atoms with van der Waals surface area (Å²) in [5.74, 6) is 0.566. The van der Waals surface area contributed by atoms with Crippen LogP contribution in [0.4, 0.5) is 5.69 Å². The molecule has 1 heterocycles. The summed E-state index contributed by atoms with van der Waals surface area (Å²) in [7, 11) is 1.62. The summed E-state index contributed by atoms with van der Waals surface area (Å²) >= 11 is 0. The van der Waals surface area contributed by atoms with Crippen molar-refractivity contribution in [3.05, 3.63) is 17.8 Å². The number of carbonyl (C=O) groups excluding carboxylic acids is 1. The zero-order valence-corrected chi connectivity index (χ0v) is 14.5. The molecule has 2 rings (SSSR count). The van der Waals surface area contributed by atoms with E-state index in [0.717, 1.165) is 44.1 Å². The number of ether oxygens (including phenoxy) is 2. The molecular formula is C18H28N2O3. The van der Waals surface area contributed by atoms with Gasteiger partial charge in [0, 0.05) is 12.7 Å². The molecular weight excluding hydrogens is 292 g/mol. The average molecular weight is 320 g/mol. The maximum Gasteiger partial charge on any atom is 0.256 e. The minimum absolute atomic E-state index is 0.0689. The third-order valence-corrected chi connectivity index (χ3v) is 4.49. The van der Waals surface area contributed by atoms with Gasteiger partial charge in [0.2, 0.25) is 5.88 Å². The molecule has 0 saturated heterocycles. The standard InChI is InChI=1S/C18H28N2O3/c1-4-5-11-23-16-14(2)12-15(13-19-16)20-17(21)18(22-3)9-7-6-8-10-18/h12-13H,4-11H2,1-3H3,(H,20,21). The van der Waals surface area contributed by atoms with Crippen LogP contribution in [-0.2, 0) is 9.53 Å². The van der Waals surface area contributed by atoms with Crippen LogP contribution in [-0.4, -0.2) is 30.2 Å². The Balaban J connectivity index is 2.01. The van der Waals surface area contributed by atoms with Gasteiger partial charge in [-0.2, -0.15) is 0 Å². The molecule has 0 aliphatic heterocycles. The number of aromatic nitrogens is 1. The predicted octanol–water partition coefficient (Wildman–Crippen LogP) is 3.86. The predicted molar refractivity (Wildman–Crippen MR) is 90.8 cm³/mol. The molecule has 1 amide bonds. The summed E-state index contributed by atoms with van der Waals surface area (Å²) in [5.41, 5.74) is 0.925. The number of aryl methyl sites for hydroxylation is 1. The van der Waals surface area contributed by atoms with Crippen LogP contribution in [0.1, 0.15) is 57.4 Å². The molecule has 1 aromatic heterocycles. The molecule has 23 heavy (non-hydrogen) atoms. The van der Waals surface area contributed by atoms with Crippen molar-refractivity contribution in [2.24, 2.45) is 0 Å². The van der Waals surface area contributed by atoms with Gasteiger partial charge in [0.05, 0.1) is 18.5 Å². The van der Waals surface area contributed by atoms with Gasteiger partial charge < -0.3 is 14.8 Å². The van der Waals surface area contributed by atoms with E-state index >= 15 is 0 Å². The number of methoxy groups -OCH3 is 1. The number of pyridine rings is 1.